The van der Waals surface area contributed by atoms with Gasteiger partial charge in [-0.1, -0.05) is 0 Å². The van der Waals surface area contributed by atoms with Crippen LogP contribution in [0.1, 0.15) is 19.7 Å². The van der Waals surface area contributed by atoms with E-state index in [2.05, 4.69) is 32.0 Å². The highest BCUT2D eigenvalue weighted by atomic mass is 79.9. The zero-order valence-corrected chi connectivity index (χ0v) is 11.7. The molecule has 0 saturated heterocycles. The second-order valence-corrected chi connectivity index (χ2v) is 6.98. The van der Waals surface area contributed by atoms with Crippen LogP contribution in [0.2, 0.25) is 0 Å². The number of H-pyrrole nitrogens is 1. The molecule has 3 nitrogen and oxygen atoms in total. The van der Waals surface area contributed by atoms with Crippen molar-refractivity contribution in [2.75, 3.05) is 0 Å². The highest BCUT2D eigenvalue weighted by molar-refractivity contribution is 9.11. The number of imidazole rings is 1. The Morgan fingerprint density at radius 3 is 2.81 bits per heavy atom. The zero-order chi connectivity index (χ0) is 11.8. The van der Waals surface area contributed by atoms with Gasteiger partial charge in [0.1, 0.15) is 5.82 Å². The molecule has 2 aromatic rings. The first-order valence-electron chi connectivity index (χ1n) is 5.02. The fourth-order valence-corrected chi connectivity index (χ4v) is 2.82. The van der Waals surface area contributed by atoms with Crippen LogP contribution in [0.4, 0.5) is 0 Å². The topological polar surface area (TPSA) is 54.7 Å². The Morgan fingerprint density at radius 1 is 1.50 bits per heavy atom. The minimum atomic E-state index is -0.231. The van der Waals surface area contributed by atoms with Crippen molar-refractivity contribution in [1.82, 2.24) is 9.97 Å². The van der Waals surface area contributed by atoms with E-state index in [0.29, 0.717) is 0 Å². The van der Waals surface area contributed by atoms with Gasteiger partial charge in [0, 0.05) is 12.0 Å². The van der Waals surface area contributed by atoms with Crippen molar-refractivity contribution in [3.63, 3.8) is 0 Å². The third-order valence-electron chi connectivity index (χ3n) is 2.09. The van der Waals surface area contributed by atoms with E-state index in [1.807, 2.05) is 26.1 Å². The summed E-state index contributed by atoms with van der Waals surface area (Å²) < 4.78 is 1.12. The molecule has 0 aliphatic carbocycles. The first-order valence-corrected chi connectivity index (χ1v) is 6.63. The van der Waals surface area contributed by atoms with Gasteiger partial charge in [-0.3, -0.25) is 0 Å². The molecule has 2 heterocycles. The molecule has 0 bridgehead atoms. The van der Waals surface area contributed by atoms with Crippen LogP contribution < -0.4 is 5.73 Å². The first kappa shape index (κ1) is 11.8. The predicted molar refractivity (Wildman–Crippen MR) is 71.6 cm³/mol. The van der Waals surface area contributed by atoms with Gasteiger partial charge in [-0.05, 0) is 41.9 Å². The molecule has 2 rings (SSSR count). The van der Waals surface area contributed by atoms with Crippen molar-refractivity contribution in [3.05, 3.63) is 27.9 Å². The molecule has 3 N–H and O–H groups in total. The molecule has 5 heteroatoms. The Bertz CT molecular complexity index is 481. The molecule has 2 aromatic heterocycles. The molecule has 0 fully saturated rings. The molecule has 0 atom stereocenters. The fourth-order valence-electron chi connectivity index (χ4n) is 1.47. The summed E-state index contributed by atoms with van der Waals surface area (Å²) in [5.74, 6) is 0.937. The summed E-state index contributed by atoms with van der Waals surface area (Å²) in [5, 5.41) is 0. The Hall–Kier alpha value is -0.650. The molecular weight excluding hydrogens is 286 g/mol. The van der Waals surface area contributed by atoms with E-state index in [-0.39, 0.29) is 5.54 Å². The highest BCUT2D eigenvalue weighted by Crippen LogP contribution is 2.30. The highest BCUT2D eigenvalue weighted by Gasteiger charge is 2.14. The van der Waals surface area contributed by atoms with Gasteiger partial charge in [0.2, 0.25) is 0 Å². The van der Waals surface area contributed by atoms with Crippen LogP contribution in [0.3, 0.4) is 0 Å². The maximum atomic E-state index is 5.95. The van der Waals surface area contributed by atoms with Crippen LogP contribution in [0, 0.1) is 0 Å². The van der Waals surface area contributed by atoms with Crippen molar-refractivity contribution in [3.8, 4) is 10.6 Å². The molecule has 0 amide bonds. The molecule has 0 aromatic carbocycles. The van der Waals surface area contributed by atoms with Crippen LogP contribution in [0.15, 0.2) is 22.1 Å². The van der Waals surface area contributed by atoms with E-state index in [1.165, 1.54) is 4.88 Å². The van der Waals surface area contributed by atoms with Crippen LogP contribution >= 0.6 is 27.3 Å². The van der Waals surface area contributed by atoms with Crippen molar-refractivity contribution < 1.29 is 0 Å². The Kier molecular flexibility index (Phi) is 3.19. The van der Waals surface area contributed by atoms with Crippen LogP contribution in [0.5, 0.6) is 0 Å². The minimum Gasteiger partial charge on any atom is -0.341 e. The second-order valence-electron chi connectivity index (χ2n) is 4.51. The quantitative estimate of drug-likeness (QED) is 0.914. The Morgan fingerprint density at radius 2 is 2.25 bits per heavy atom. The average molecular weight is 300 g/mol. The van der Waals surface area contributed by atoms with Crippen LogP contribution in [-0.2, 0) is 6.42 Å². The summed E-state index contributed by atoms with van der Waals surface area (Å²) >= 11 is 5.14. The number of hydrogen-bond donors (Lipinski definition) is 2. The van der Waals surface area contributed by atoms with E-state index in [1.54, 1.807) is 11.3 Å². The molecule has 0 aliphatic heterocycles. The third-order valence-corrected chi connectivity index (χ3v) is 3.75. The number of nitrogens with zero attached hydrogens (tertiary/aromatic N) is 1. The van der Waals surface area contributed by atoms with Crippen LogP contribution in [0.25, 0.3) is 10.6 Å². The van der Waals surface area contributed by atoms with Gasteiger partial charge in [-0.2, -0.15) is 0 Å². The molecule has 16 heavy (non-hydrogen) atoms. The normalized spacial score (nSPS) is 12.0. The third kappa shape index (κ3) is 2.93. The summed E-state index contributed by atoms with van der Waals surface area (Å²) in [6, 6.07) is 4.10. The lowest BCUT2D eigenvalue weighted by Crippen LogP contribution is -2.34. The van der Waals surface area contributed by atoms with E-state index in [0.717, 1.165) is 21.7 Å². The molecule has 0 spiro atoms. The summed E-state index contributed by atoms with van der Waals surface area (Å²) in [4.78, 5) is 8.82. The van der Waals surface area contributed by atoms with Gasteiger partial charge < -0.3 is 10.7 Å². The van der Waals surface area contributed by atoms with Crippen molar-refractivity contribution >= 4 is 27.3 Å². The maximum Gasteiger partial charge on any atom is 0.108 e. The van der Waals surface area contributed by atoms with Gasteiger partial charge in [0.15, 0.2) is 0 Å². The van der Waals surface area contributed by atoms with Gasteiger partial charge >= 0.3 is 0 Å². The number of rotatable bonds is 3. The van der Waals surface area contributed by atoms with Gasteiger partial charge in [0.25, 0.3) is 0 Å². The lowest BCUT2D eigenvalue weighted by atomic mass is 10.0. The number of halogens is 1. The molecule has 0 radical (unpaired) electrons. The van der Waals surface area contributed by atoms with Gasteiger partial charge in [0.05, 0.1) is 20.6 Å². The summed E-state index contributed by atoms with van der Waals surface area (Å²) in [6.07, 6.45) is 2.61. The molecule has 0 unspecified atom stereocenters. The lowest BCUT2D eigenvalue weighted by Gasteiger charge is -2.15. The summed E-state index contributed by atoms with van der Waals surface area (Å²) in [5.41, 5.74) is 6.77. The SMILES string of the molecule is CC(C)(N)Cc1ncc(-c2ccc(Br)s2)[nH]1. The van der Waals surface area contributed by atoms with E-state index in [9.17, 15) is 0 Å². The number of thiophene rings is 1. The Balaban J connectivity index is 2.20. The number of aromatic amines is 1. The molecule has 0 saturated carbocycles. The fraction of sp³-hybridized carbons (Fsp3) is 0.364. The first-order chi connectivity index (χ1) is 7.44. The van der Waals surface area contributed by atoms with Crippen molar-refractivity contribution in [2.24, 2.45) is 5.73 Å². The number of aromatic nitrogens is 2. The largest absolute Gasteiger partial charge is 0.341 e. The van der Waals surface area contributed by atoms with Gasteiger partial charge in [-0.25, -0.2) is 4.98 Å². The molecular formula is C11H14BrN3S. The van der Waals surface area contributed by atoms with Crippen LogP contribution in [-0.4, -0.2) is 15.5 Å². The Labute approximate surface area is 107 Å². The van der Waals surface area contributed by atoms with E-state index >= 15 is 0 Å². The smallest absolute Gasteiger partial charge is 0.108 e. The minimum absolute atomic E-state index is 0.231. The summed E-state index contributed by atoms with van der Waals surface area (Å²) in [6.45, 7) is 3.99. The maximum absolute atomic E-state index is 5.95. The predicted octanol–water partition coefficient (Wildman–Crippen LogP) is 3.18. The van der Waals surface area contributed by atoms with E-state index in [4.69, 9.17) is 5.73 Å². The summed E-state index contributed by atoms with van der Waals surface area (Å²) in [7, 11) is 0. The van der Waals surface area contributed by atoms with E-state index < -0.39 is 0 Å². The standard InChI is InChI=1S/C11H14BrN3S/c1-11(2,13)5-10-14-6-7(15-10)8-3-4-9(12)16-8/h3-4,6H,5,13H2,1-2H3,(H,14,15). The van der Waals surface area contributed by atoms with Crippen molar-refractivity contribution in [1.29, 1.82) is 0 Å². The zero-order valence-electron chi connectivity index (χ0n) is 9.25. The second kappa shape index (κ2) is 4.31. The van der Waals surface area contributed by atoms with Crippen molar-refractivity contribution in [2.45, 2.75) is 25.8 Å². The molecule has 0 aliphatic rings. The number of nitrogens with one attached hydrogen (secondary N) is 1. The average Bonchev–Trinajstić information content (AvgIpc) is 2.71. The van der Waals surface area contributed by atoms with Gasteiger partial charge in [-0.15, -0.1) is 11.3 Å². The molecule has 86 valence electrons. The monoisotopic (exact) mass is 299 g/mol. The lowest BCUT2D eigenvalue weighted by molar-refractivity contribution is 0.505. The number of hydrogen-bond acceptors (Lipinski definition) is 3. The number of nitrogens with two attached hydrogens (primary N) is 1.